The minimum absolute atomic E-state index is 0.0647. The Morgan fingerprint density at radius 3 is 2.57 bits per heavy atom. The largest absolute Gasteiger partial charge is 0.477 e. The van der Waals surface area contributed by atoms with Gasteiger partial charge in [0.25, 0.3) is 0 Å². The number of thiazole rings is 1. The lowest BCUT2D eigenvalue weighted by Gasteiger charge is -2.03. The number of aromatic carboxylic acids is 1. The molecule has 0 saturated carbocycles. The first-order valence-electron chi connectivity index (χ1n) is 5.97. The van der Waals surface area contributed by atoms with E-state index in [0.29, 0.717) is 22.2 Å². The van der Waals surface area contributed by atoms with Crippen LogP contribution in [0.4, 0.5) is 0 Å². The summed E-state index contributed by atoms with van der Waals surface area (Å²) in [7, 11) is -3.72. The van der Waals surface area contributed by atoms with Crippen molar-refractivity contribution in [1.82, 2.24) is 9.71 Å². The van der Waals surface area contributed by atoms with Crippen LogP contribution >= 0.6 is 11.3 Å². The van der Waals surface area contributed by atoms with E-state index >= 15 is 0 Å². The summed E-state index contributed by atoms with van der Waals surface area (Å²) in [6.45, 7) is 4.74. The summed E-state index contributed by atoms with van der Waals surface area (Å²) in [5.74, 6) is -0.256. The molecule has 2 heterocycles. The van der Waals surface area contributed by atoms with Gasteiger partial charge in [0.05, 0.1) is 12.2 Å². The van der Waals surface area contributed by atoms with Crippen molar-refractivity contribution in [2.45, 2.75) is 32.2 Å². The molecule has 0 atom stereocenters. The monoisotopic (exact) mass is 330 g/mol. The minimum atomic E-state index is -3.72. The fourth-order valence-corrected chi connectivity index (χ4v) is 3.99. The Balaban J connectivity index is 2.17. The highest BCUT2D eigenvalue weighted by Crippen LogP contribution is 2.21. The minimum Gasteiger partial charge on any atom is -0.477 e. The van der Waals surface area contributed by atoms with Crippen LogP contribution in [0.5, 0.6) is 0 Å². The number of nitrogens with zero attached hydrogens (tertiary/aromatic N) is 1. The Kier molecular flexibility index (Phi) is 4.17. The van der Waals surface area contributed by atoms with E-state index in [1.54, 1.807) is 20.8 Å². The molecule has 7 nitrogen and oxygen atoms in total. The van der Waals surface area contributed by atoms with Crippen molar-refractivity contribution in [3.05, 3.63) is 33.2 Å². The quantitative estimate of drug-likeness (QED) is 0.865. The molecule has 0 aliphatic heterocycles. The van der Waals surface area contributed by atoms with Crippen LogP contribution in [0.1, 0.15) is 31.9 Å². The van der Waals surface area contributed by atoms with Crippen molar-refractivity contribution < 1.29 is 22.7 Å². The summed E-state index contributed by atoms with van der Waals surface area (Å²) in [5, 5.41) is 9.34. The van der Waals surface area contributed by atoms with Crippen molar-refractivity contribution in [2.24, 2.45) is 0 Å². The molecule has 9 heteroatoms. The van der Waals surface area contributed by atoms with E-state index in [2.05, 4.69) is 9.71 Å². The predicted octanol–water partition coefficient (Wildman–Crippen LogP) is 1.84. The highest BCUT2D eigenvalue weighted by molar-refractivity contribution is 7.89. The van der Waals surface area contributed by atoms with Crippen molar-refractivity contribution in [1.29, 1.82) is 0 Å². The number of hydrogen-bond acceptors (Lipinski definition) is 6. The van der Waals surface area contributed by atoms with Gasteiger partial charge in [-0.3, -0.25) is 0 Å². The summed E-state index contributed by atoms with van der Waals surface area (Å²) < 4.78 is 31.9. The smallest absolute Gasteiger partial charge is 0.347 e. The summed E-state index contributed by atoms with van der Waals surface area (Å²) in [6, 6.07) is 1.44. The molecule has 114 valence electrons. The van der Waals surface area contributed by atoms with E-state index in [-0.39, 0.29) is 16.3 Å². The topological polar surface area (TPSA) is 110 Å². The third-order valence-corrected chi connectivity index (χ3v) is 5.39. The van der Waals surface area contributed by atoms with Crippen molar-refractivity contribution >= 4 is 27.3 Å². The van der Waals surface area contributed by atoms with Gasteiger partial charge in [0, 0.05) is 0 Å². The van der Waals surface area contributed by atoms with Gasteiger partial charge in [-0.25, -0.2) is 22.9 Å². The average Bonchev–Trinajstić information content (AvgIpc) is 2.90. The second-order valence-corrected chi connectivity index (χ2v) is 7.25. The first-order valence-corrected chi connectivity index (χ1v) is 8.27. The van der Waals surface area contributed by atoms with Gasteiger partial charge < -0.3 is 9.52 Å². The molecule has 0 bridgehead atoms. The zero-order valence-corrected chi connectivity index (χ0v) is 13.3. The molecular formula is C12H14N2O5S2. The van der Waals surface area contributed by atoms with Gasteiger partial charge in [0.2, 0.25) is 10.0 Å². The molecule has 2 aromatic heterocycles. The van der Waals surface area contributed by atoms with Gasteiger partial charge in [-0.15, -0.1) is 11.3 Å². The maximum atomic E-state index is 12.2. The van der Waals surface area contributed by atoms with Crippen LogP contribution in [0, 0.1) is 20.8 Å². The first kappa shape index (κ1) is 15.7. The number of carbonyl (C=O) groups is 1. The number of rotatable bonds is 5. The number of sulfonamides is 1. The molecule has 0 aliphatic rings. The van der Waals surface area contributed by atoms with Crippen molar-refractivity contribution in [3.63, 3.8) is 0 Å². The normalized spacial score (nSPS) is 11.8. The van der Waals surface area contributed by atoms with E-state index in [0.717, 1.165) is 11.3 Å². The maximum absolute atomic E-state index is 12.2. The van der Waals surface area contributed by atoms with E-state index < -0.39 is 16.0 Å². The summed E-state index contributed by atoms with van der Waals surface area (Å²) in [6.07, 6.45) is 0. The number of carboxylic acids is 1. The van der Waals surface area contributed by atoms with Crippen molar-refractivity contribution in [2.75, 3.05) is 0 Å². The SMILES string of the molecule is Cc1cc(S(=O)(=O)NCc2nc(C)c(C(=O)O)s2)c(C)o1. The lowest BCUT2D eigenvalue weighted by atomic mass is 10.4. The molecule has 0 radical (unpaired) electrons. The van der Waals surface area contributed by atoms with E-state index in [9.17, 15) is 13.2 Å². The van der Waals surface area contributed by atoms with E-state index in [1.165, 1.54) is 6.07 Å². The highest BCUT2D eigenvalue weighted by atomic mass is 32.2. The maximum Gasteiger partial charge on any atom is 0.347 e. The van der Waals surface area contributed by atoms with E-state index in [4.69, 9.17) is 9.52 Å². The molecule has 0 saturated heterocycles. The molecular weight excluding hydrogens is 316 g/mol. The summed E-state index contributed by atoms with van der Waals surface area (Å²) in [4.78, 5) is 15.2. The van der Waals surface area contributed by atoms with Crippen LogP contribution in [-0.4, -0.2) is 24.5 Å². The number of furan rings is 1. The third-order valence-electron chi connectivity index (χ3n) is 2.73. The zero-order chi connectivity index (χ0) is 15.8. The van der Waals surface area contributed by atoms with Gasteiger partial charge in [-0.05, 0) is 26.8 Å². The molecule has 2 aromatic rings. The standard InChI is InChI=1S/C12H14N2O5S2/c1-6-4-9(8(3)19-6)21(17,18)13-5-10-14-7(2)11(20-10)12(15)16/h4,13H,5H2,1-3H3,(H,15,16). The number of nitrogens with one attached hydrogen (secondary N) is 1. The Hall–Kier alpha value is -1.71. The predicted molar refractivity (Wildman–Crippen MR) is 76.0 cm³/mol. The fourth-order valence-electron chi connectivity index (χ4n) is 1.84. The van der Waals surface area contributed by atoms with Gasteiger partial charge in [-0.2, -0.15) is 0 Å². The van der Waals surface area contributed by atoms with Gasteiger partial charge in [0.15, 0.2) is 0 Å². The molecule has 21 heavy (non-hydrogen) atoms. The number of carboxylic acid groups (broad SMARTS) is 1. The van der Waals surface area contributed by atoms with Gasteiger partial charge in [0.1, 0.15) is 26.3 Å². The third kappa shape index (κ3) is 3.31. The number of hydrogen-bond donors (Lipinski definition) is 2. The molecule has 0 unspecified atom stereocenters. The molecule has 2 N–H and O–H groups in total. The molecule has 0 aliphatic carbocycles. The van der Waals surface area contributed by atoms with Gasteiger partial charge in [-0.1, -0.05) is 0 Å². The second kappa shape index (κ2) is 5.58. The number of aryl methyl sites for hydroxylation is 3. The Morgan fingerprint density at radius 2 is 2.10 bits per heavy atom. The number of aromatic nitrogens is 1. The Morgan fingerprint density at radius 1 is 1.43 bits per heavy atom. The van der Waals surface area contributed by atoms with Crippen LogP contribution in [0.25, 0.3) is 0 Å². The lowest BCUT2D eigenvalue weighted by Crippen LogP contribution is -2.23. The Labute approximate surface area is 125 Å². The van der Waals surface area contributed by atoms with Crippen LogP contribution in [0.3, 0.4) is 0 Å². The first-order chi connectivity index (χ1) is 9.70. The van der Waals surface area contributed by atoms with Crippen LogP contribution in [-0.2, 0) is 16.6 Å². The lowest BCUT2D eigenvalue weighted by molar-refractivity contribution is 0.0701. The van der Waals surface area contributed by atoms with Crippen LogP contribution in [0.15, 0.2) is 15.4 Å². The summed E-state index contributed by atoms with van der Waals surface area (Å²) >= 11 is 0.952. The highest BCUT2D eigenvalue weighted by Gasteiger charge is 2.21. The van der Waals surface area contributed by atoms with Crippen LogP contribution in [0.2, 0.25) is 0 Å². The molecule has 0 aromatic carbocycles. The zero-order valence-electron chi connectivity index (χ0n) is 11.6. The van der Waals surface area contributed by atoms with Crippen molar-refractivity contribution in [3.8, 4) is 0 Å². The van der Waals surface area contributed by atoms with E-state index in [1.807, 2.05) is 0 Å². The molecule has 0 fully saturated rings. The molecule has 0 amide bonds. The fraction of sp³-hybridized carbons (Fsp3) is 0.333. The van der Waals surface area contributed by atoms with Crippen LogP contribution < -0.4 is 4.72 Å². The Bertz CT molecular complexity index is 789. The molecule has 2 rings (SSSR count). The second-order valence-electron chi connectivity index (χ2n) is 4.43. The van der Waals surface area contributed by atoms with Gasteiger partial charge >= 0.3 is 5.97 Å². The average molecular weight is 330 g/mol. The molecule has 0 spiro atoms. The summed E-state index contributed by atoms with van der Waals surface area (Å²) in [5.41, 5.74) is 0.372.